The highest BCUT2D eigenvalue weighted by molar-refractivity contribution is 6.31. The maximum absolute atomic E-state index is 11.4. The normalized spacial score (nSPS) is 13.3. The van der Waals surface area contributed by atoms with Gasteiger partial charge in [-0.3, -0.25) is 9.78 Å². The molecule has 3 rings (SSSR count). The SMILES string of the molecule is [B]c1cnc(Nc2ccc3c(c2)CCC3)[nH]c1=O. The predicted octanol–water partition coefficient (Wildman–Crippen LogP) is 0.796. The summed E-state index contributed by atoms with van der Waals surface area (Å²) in [6.45, 7) is 0. The number of benzene rings is 1. The first-order chi connectivity index (χ1) is 8.72. The number of H-pyrrole nitrogens is 1. The van der Waals surface area contributed by atoms with Gasteiger partial charge in [-0.2, -0.15) is 0 Å². The molecule has 1 aromatic heterocycles. The summed E-state index contributed by atoms with van der Waals surface area (Å²) in [7, 11) is 5.42. The Morgan fingerprint density at radius 3 is 2.94 bits per heavy atom. The molecule has 1 heterocycles. The molecule has 1 aliphatic carbocycles. The van der Waals surface area contributed by atoms with E-state index < -0.39 is 0 Å². The maximum atomic E-state index is 11.4. The molecule has 1 aromatic carbocycles. The van der Waals surface area contributed by atoms with Crippen LogP contribution in [-0.2, 0) is 12.8 Å². The van der Waals surface area contributed by atoms with Crippen LogP contribution in [0.2, 0.25) is 0 Å². The van der Waals surface area contributed by atoms with Crippen molar-refractivity contribution in [1.29, 1.82) is 0 Å². The van der Waals surface area contributed by atoms with Gasteiger partial charge >= 0.3 is 0 Å². The fourth-order valence-corrected chi connectivity index (χ4v) is 2.25. The molecule has 2 radical (unpaired) electrons. The van der Waals surface area contributed by atoms with Gasteiger partial charge < -0.3 is 5.32 Å². The first-order valence-corrected chi connectivity index (χ1v) is 5.96. The van der Waals surface area contributed by atoms with E-state index in [-0.39, 0.29) is 11.0 Å². The number of nitrogens with one attached hydrogen (secondary N) is 2. The van der Waals surface area contributed by atoms with Crippen LogP contribution < -0.4 is 16.3 Å². The molecule has 5 heteroatoms. The van der Waals surface area contributed by atoms with Crippen molar-refractivity contribution in [1.82, 2.24) is 9.97 Å². The van der Waals surface area contributed by atoms with Gasteiger partial charge in [-0.15, -0.1) is 0 Å². The molecule has 1 aliphatic rings. The second kappa shape index (κ2) is 4.33. The first-order valence-electron chi connectivity index (χ1n) is 5.96. The van der Waals surface area contributed by atoms with Crippen molar-refractivity contribution in [2.45, 2.75) is 19.3 Å². The Hall–Kier alpha value is -2.04. The molecule has 4 nitrogen and oxygen atoms in total. The number of rotatable bonds is 2. The molecule has 0 unspecified atom stereocenters. The number of fused-ring (bicyclic) bond motifs is 1. The summed E-state index contributed by atoms with van der Waals surface area (Å²) < 4.78 is 0. The summed E-state index contributed by atoms with van der Waals surface area (Å²) in [6, 6.07) is 6.24. The number of anilines is 2. The van der Waals surface area contributed by atoms with Gasteiger partial charge in [0.1, 0.15) is 7.85 Å². The van der Waals surface area contributed by atoms with Crippen LogP contribution in [0.4, 0.5) is 11.6 Å². The lowest BCUT2D eigenvalue weighted by molar-refractivity contribution is 0.912. The minimum absolute atomic E-state index is 0.120. The van der Waals surface area contributed by atoms with E-state index in [4.69, 9.17) is 7.85 Å². The van der Waals surface area contributed by atoms with E-state index in [1.165, 1.54) is 23.7 Å². The van der Waals surface area contributed by atoms with Crippen molar-refractivity contribution in [2.75, 3.05) is 5.32 Å². The number of hydrogen-bond donors (Lipinski definition) is 2. The Labute approximate surface area is 106 Å². The van der Waals surface area contributed by atoms with Crippen molar-refractivity contribution >= 4 is 24.9 Å². The average molecular weight is 237 g/mol. The zero-order valence-corrected chi connectivity index (χ0v) is 9.86. The maximum Gasteiger partial charge on any atom is 0.245 e. The molecule has 0 fully saturated rings. The highest BCUT2D eigenvalue weighted by Gasteiger charge is 2.10. The Balaban J connectivity index is 1.88. The first kappa shape index (κ1) is 11.1. The molecule has 0 saturated heterocycles. The van der Waals surface area contributed by atoms with Gasteiger partial charge in [-0.25, -0.2) is 4.98 Å². The highest BCUT2D eigenvalue weighted by Crippen LogP contribution is 2.25. The van der Waals surface area contributed by atoms with Crippen molar-refractivity contribution in [2.24, 2.45) is 0 Å². The summed E-state index contributed by atoms with van der Waals surface area (Å²) in [6.07, 6.45) is 4.85. The topological polar surface area (TPSA) is 57.8 Å². The standard InChI is InChI=1S/C13H12BN3O/c14-11-7-15-13(17-12(11)18)16-10-5-4-8-2-1-3-9(8)6-10/h4-7H,1-3H2,(H2,15,16,17,18). The van der Waals surface area contributed by atoms with Crippen LogP contribution in [0.15, 0.2) is 29.2 Å². The molecule has 0 bridgehead atoms. The minimum atomic E-state index is -0.325. The minimum Gasteiger partial charge on any atom is -0.326 e. The molecule has 0 atom stereocenters. The molecular weight excluding hydrogens is 225 g/mol. The van der Waals surface area contributed by atoms with Gasteiger partial charge in [0.25, 0.3) is 0 Å². The lowest BCUT2D eigenvalue weighted by Crippen LogP contribution is -2.28. The average Bonchev–Trinajstić information content (AvgIpc) is 2.81. The van der Waals surface area contributed by atoms with Crippen LogP contribution in [0.25, 0.3) is 0 Å². The van der Waals surface area contributed by atoms with Crippen LogP contribution in [0.3, 0.4) is 0 Å². The molecular formula is C13H12BN3O. The Morgan fingerprint density at radius 1 is 1.28 bits per heavy atom. The Kier molecular flexibility index (Phi) is 2.66. The van der Waals surface area contributed by atoms with Crippen LogP contribution in [0.5, 0.6) is 0 Å². The van der Waals surface area contributed by atoms with E-state index in [1.54, 1.807) is 0 Å². The van der Waals surface area contributed by atoms with Crippen molar-refractivity contribution in [3.8, 4) is 0 Å². The van der Waals surface area contributed by atoms with E-state index in [2.05, 4.69) is 27.4 Å². The van der Waals surface area contributed by atoms with Gasteiger partial charge in [0, 0.05) is 11.9 Å². The van der Waals surface area contributed by atoms with Crippen molar-refractivity contribution in [3.63, 3.8) is 0 Å². The molecule has 0 saturated carbocycles. The van der Waals surface area contributed by atoms with Crippen LogP contribution in [0.1, 0.15) is 17.5 Å². The largest absolute Gasteiger partial charge is 0.326 e. The fraction of sp³-hybridized carbons (Fsp3) is 0.231. The number of nitrogens with zero attached hydrogens (tertiary/aromatic N) is 1. The monoisotopic (exact) mass is 237 g/mol. The zero-order chi connectivity index (χ0) is 12.5. The molecule has 0 amide bonds. The molecule has 18 heavy (non-hydrogen) atoms. The van der Waals surface area contributed by atoms with Gasteiger partial charge in [0.15, 0.2) is 0 Å². The molecule has 88 valence electrons. The van der Waals surface area contributed by atoms with E-state index in [0.29, 0.717) is 5.95 Å². The third kappa shape index (κ3) is 2.03. The van der Waals surface area contributed by atoms with Gasteiger partial charge in [0.05, 0.1) is 0 Å². The van der Waals surface area contributed by atoms with Crippen LogP contribution in [0, 0.1) is 0 Å². The van der Waals surface area contributed by atoms with Crippen LogP contribution >= 0.6 is 0 Å². The van der Waals surface area contributed by atoms with Gasteiger partial charge in [-0.05, 0) is 48.0 Å². The number of hydrogen-bond acceptors (Lipinski definition) is 3. The second-order valence-electron chi connectivity index (χ2n) is 4.48. The number of aryl methyl sites for hydroxylation is 2. The molecule has 2 N–H and O–H groups in total. The van der Waals surface area contributed by atoms with E-state index in [9.17, 15) is 4.79 Å². The summed E-state index contributed by atoms with van der Waals surface area (Å²) >= 11 is 0. The molecule has 2 aromatic rings. The van der Waals surface area contributed by atoms with Crippen LogP contribution in [-0.4, -0.2) is 17.8 Å². The summed E-state index contributed by atoms with van der Waals surface area (Å²) in [5, 5.41) is 3.08. The Bertz CT molecular complexity index is 651. The van der Waals surface area contributed by atoms with Gasteiger partial charge in [0.2, 0.25) is 11.5 Å². The zero-order valence-electron chi connectivity index (χ0n) is 9.86. The predicted molar refractivity (Wildman–Crippen MR) is 72.0 cm³/mol. The lowest BCUT2D eigenvalue weighted by Gasteiger charge is -2.07. The number of aromatic amines is 1. The lowest BCUT2D eigenvalue weighted by atomic mass is 10.0. The fourth-order valence-electron chi connectivity index (χ4n) is 2.25. The van der Waals surface area contributed by atoms with Gasteiger partial charge in [-0.1, -0.05) is 6.07 Å². The van der Waals surface area contributed by atoms with Crippen molar-refractivity contribution < 1.29 is 0 Å². The third-order valence-electron chi connectivity index (χ3n) is 3.19. The van der Waals surface area contributed by atoms with E-state index >= 15 is 0 Å². The third-order valence-corrected chi connectivity index (χ3v) is 3.19. The second-order valence-corrected chi connectivity index (χ2v) is 4.48. The molecule has 0 aliphatic heterocycles. The summed E-state index contributed by atoms with van der Waals surface area (Å²) in [4.78, 5) is 18.0. The Morgan fingerprint density at radius 2 is 2.11 bits per heavy atom. The van der Waals surface area contributed by atoms with E-state index in [0.717, 1.165) is 18.5 Å². The molecule has 0 spiro atoms. The smallest absolute Gasteiger partial charge is 0.245 e. The van der Waals surface area contributed by atoms with E-state index in [1.807, 2.05) is 6.07 Å². The summed E-state index contributed by atoms with van der Waals surface area (Å²) in [5.41, 5.74) is 3.52. The summed E-state index contributed by atoms with van der Waals surface area (Å²) in [5.74, 6) is 0.409. The van der Waals surface area contributed by atoms with Crippen molar-refractivity contribution in [3.05, 3.63) is 45.9 Å². The number of aromatic nitrogens is 2. The highest BCUT2D eigenvalue weighted by atomic mass is 16.1. The quantitative estimate of drug-likeness (QED) is 0.759.